The second-order valence-electron chi connectivity index (χ2n) is 13.6. The quantitative estimate of drug-likeness (QED) is 0.0406. The lowest BCUT2D eigenvalue weighted by Crippen LogP contribution is -2.54. The predicted octanol–water partition coefficient (Wildman–Crippen LogP) is 5.32. The highest BCUT2D eigenvalue weighted by molar-refractivity contribution is 5.98. The number of anilines is 1. The summed E-state index contributed by atoms with van der Waals surface area (Å²) in [5.74, 6) is -2.19. The molecular formula is C41H44N6O9. The van der Waals surface area contributed by atoms with Crippen LogP contribution in [0.15, 0.2) is 97.1 Å². The number of rotatable bonds is 17. The molecule has 0 heterocycles. The molecule has 0 radical (unpaired) electrons. The summed E-state index contributed by atoms with van der Waals surface area (Å²) in [6.45, 7) is 3.70. The Balaban J connectivity index is 1.16. The fourth-order valence-electron chi connectivity index (χ4n) is 6.38. The number of benzene rings is 4. The van der Waals surface area contributed by atoms with Crippen LogP contribution in [0.25, 0.3) is 11.1 Å². The Kier molecular flexibility index (Phi) is 13.7. The molecule has 15 nitrogen and oxygen atoms in total. The topological polar surface area (TPSA) is 221 Å². The van der Waals surface area contributed by atoms with Gasteiger partial charge in [-0.15, -0.1) is 0 Å². The minimum atomic E-state index is -1.05. The first-order chi connectivity index (χ1) is 26.9. The SMILES string of the molecule is CC(C)[C@H](NC(=O)OCC1c2ccccc2-c2ccccc21)C(=O)N[C@@H](CCCNC(N)=O)C(=O)Nc1ccc(COC(=O)Cc2ccc([N+](=O)[O-])cc2)cc1. The number of ether oxygens (including phenoxy) is 2. The van der Waals surface area contributed by atoms with Gasteiger partial charge in [0.15, 0.2) is 0 Å². The fourth-order valence-corrected chi connectivity index (χ4v) is 6.38. The van der Waals surface area contributed by atoms with E-state index >= 15 is 0 Å². The van der Waals surface area contributed by atoms with Crippen molar-refractivity contribution in [3.8, 4) is 11.1 Å². The van der Waals surface area contributed by atoms with Gasteiger partial charge in [-0.1, -0.05) is 86.6 Å². The summed E-state index contributed by atoms with van der Waals surface area (Å²) < 4.78 is 11.0. The Hall–Kier alpha value is -6.77. The van der Waals surface area contributed by atoms with Gasteiger partial charge in [0.1, 0.15) is 25.3 Å². The van der Waals surface area contributed by atoms with Crippen LogP contribution in [0.2, 0.25) is 0 Å². The number of nitrogens with zero attached hydrogens (tertiary/aromatic N) is 1. The lowest BCUT2D eigenvalue weighted by molar-refractivity contribution is -0.384. The molecule has 1 aliphatic carbocycles. The second kappa shape index (κ2) is 19.0. The Morgan fingerprint density at radius 1 is 0.786 bits per heavy atom. The van der Waals surface area contributed by atoms with Crippen LogP contribution >= 0.6 is 0 Å². The maximum absolute atomic E-state index is 13.6. The van der Waals surface area contributed by atoms with Gasteiger partial charge in [-0.05, 0) is 64.3 Å². The van der Waals surface area contributed by atoms with Crippen LogP contribution in [0.4, 0.5) is 21.0 Å². The number of amides is 5. The summed E-state index contributed by atoms with van der Waals surface area (Å²) >= 11 is 0. The molecule has 15 heteroatoms. The fraction of sp³-hybridized carbons (Fsp3) is 0.293. The van der Waals surface area contributed by atoms with Crippen molar-refractivity contribution in [3.63, 3.8) is 0 Å². The van der Waals surface area contributed by atoms with E-state index in [0.717, 1.165) is 22.3 Å². The van der Waals surface area contributed by atoms with E-state index < -0.39 is 46.9 Å². The number of nitro groups is 1. The van der Waals surface area contributed by atoms with Gasteiger partial charge in [0.25, 0.3) is 5.69 Å². The average Bonchev–Trinajstić information content (AvgIpc) is 3.50. The van der Waals surface area contributed by atoms with Crippen LogP contribution in [0, 0.1) is 16.0 Å². The van der Waals surface area contributed by atoms with Gasteiger partial charge in [-0.25, -0.2) is 9.59 Å². The molecule has 0 saturated heterocycles. The van der Waals surface area contributed by atoms with Crippen molar-refractivity contribution in [1.82, 2.24) is 16.0 Å². The summed E-state index contributed by atoms with van der Waals surface area (Å²) in [6.07, 6.45) is -0.398. The van der Waals surface area contributed by atoms with Crippen LogP contribution in [0.5, 0.6) is 0 Å². The molecule has 2 atom stereocenters. The molecule has 6 N–H and O–H groups in total. The number of carbonyl (C=O) groups excluding carboxylic acids is 5. The minimum absolute atomic E-state index is 0.0428. The maximum atomic E-state index is 13.6. The number of non-ortho nitro benzene ring substituents is 1. The Labute approximate surface area is 323 Å². The standard InChI is InChI=1S/C41H44N6O9/c1-25(2)37(46-41(52)56-24-34-32-10-5-3-8-30(32)31-9-4-6-11-33(31)34)39(50)45-35(12-7-21-43-40(42)51)38(49)44-28-17-13-27(14-18-28)23-55-36(48)22-26-15-19-29(20-16-26)47(53)54/h3-6,8-11,13-20,25,34-35,37H,7,12,21-24H2,1-2H3,(H,44,49)(H,45,50)(H,46,52)(H3,42,43,51)/t35-,37-/m0/s1. The molecule has 4 aromatic rings. The van der Waals surface area contributed by atoms with Crippen molar-refractivity contribution in [2.24, 2.45) is 11.7 Å². The molecule has 0 aromatic heterocycles. The average molecular weight is 765 g/mol. The Morgan fingerprint density at radius 3 is 1.98 bits per heavy atom. The third kappa shape index (κ3) is 10.9. The van der Waals surface area contributed by atoms with Gasteiger partial charge in [0.2, 0.25) is 11.8 Å². The number of urea groups is 1. The van der Waals surface area contributed by atoms with E-state index in [1.54, 1.807) is 38.1 Å². The number of carbonyl (C=O) groups is 5. The van der Waals surface area contributed by atoms with E-state index in [4.69, 9.17) is 15.2 Å². The van der Waals surface area contributed by atoms with Crippen LogP contribution in [0.1, 0.15) is 54.9 Å². The number of alkyl carbamates (subject to hydrolysis) is 1. The number of hydrogen-bond donors (Lipinski definition) is 5. The van der Waals surface area contributed by atoms with E-state index in [0.29, 0.717) is 23.2 Å². The van der Waals surface area contributed by atoms with Gasteiger partial charge in [0, 0.05) is 30.3 Å². The molecule has 0 bridgehead atoms. The molecule has 0 aliphatic heterocycles. The predicted molar refractivity (Wildman–Crippen MR) is 207 cm³/mol. The van der Waals surface area contributed by atoms with Gasteiger partial charge >= 0.3 is 18.1 Å². The molecule has 292 valence electrons. The highest BCUT2D eigenvalue weighted by Crippen LogP contribution is 2.44. The summed E-state index contributed by atoms with van der Waals surface area (Å²) in [5.41, 5.74) is 11.0. The first kappa shape index (κ1) is 40.4. The molecule has 5 amide bonds. The summed E-state index contributed by atoms with van der Waals surface area (Å²) in [5, 5.41) is 21.5. The molecule has 0 saturated carbocycles. The first-order valence-corrected chi connectivity index (χ1v) is 18.1. The van der Waals surface area contributed by atoms with Crippen LogP contribution in [-0.4, -0.2) is 60.1 Å². The Bertz CT molecular complexity index is 2010. The highest BCUT2D eigenvalue weighted by Gasteiger charge is 2.32. The van der Waals surface area contributed by atoms with Gasteiger partial charge in [-0.2, -0.15) is 0 Å². The monoisotopic (exact) mass is 764 g/mol. The maximum Gasteiger partial charge on any atom is 0.407 e. The van der Waals surface area contributed by atoms with Crippen molar-refractivity contribution < 1.29 is 38.4 Å². The lowest BCUT2D eigenvalue weighted by atomic mass is 9.98. The molecule has 0 fully saturated rings. The van der Waals surface area contributed by atoms with Crippen molar-refractivity contribution in [2.45, 2.75) is 57.7 Å². The zero-order valence-electron chi connectivity index (χ0n) is 31.0. The Morgan fingerprint density at radius 2 is 1.39 bits per heavy atom. The second-order valence-corrected chi connectivity index (χ2v) is 13.6. The third-order valence-electron chi connectivity index (χ3n) is 9.28. The molecule has 1 aliphatic rings. The molecular weight excluding hydrogens is 720 g/mol. The normalized spacial score (nSPS) is 12.7. The number of primary amides is 1. The number of fused-ring (bicyclic) bond motifs is 3. The van der Waals surface area contributed by atoms with E-state index in [-0.39, 0.29) is 50.1 Å². The number of esters is 1. The molecule has 0 unspecified atom stereocenters. The van der Waals surface area contributed by atoms with E-state index in [1.807, 2.05) is 48.5 Å². The summed E-state index contributed by atoms with van der Waals surface area (Å²) in [7, 11) is 0. The van der Waals surface area contributed by atoms with Gasteiger partial charge in [0.05, 0.1) is 11.3 Å². The number of hydrogen-bond acceptors (Lipinski definition) is 9. The molecule has 0 spiro atoms. The molecule has 4 aromatic carbocycles. The zero-order valence-corrected chi connectivity index (χ0v) is 31.0. The van der Waals surface area contributed by atoms with Gasteiger partial charge in [-0.3, -0.25) is 24.5 Å². The summed E-state index contributed by atoms with van der Waals surface area (Å²) in [4.78, 5) is 74.1. The molecule has 56 heavy (non-hydrogen) atoms. The van der Waals surface area contributed by atoms with Crippen molar-refractivity contribution in [1.29, 1.82) is 0 Å². The van der Waals surface area contributed by atoms with E-state index in [2.05, 4.69) is 21.3 Å². The first-order valence-electron chi connectivity index (χ1n) is 18.1. The van der Waals surface area contributed by atoms with Crippen LogP contribution in [0.3, 0.4) is 0 Å². The van der Waals surface area contributed by atoms with Gasteiger partial charge < -0.3 is 36.5 Å². The van der Waals surface area contributed by atoms with Crippen LogP contribution < -0.4 is 27.0 Å². The number of nitrogens with one attached hydrogen (secondary N) is 4. The largest absolute Gasteiger partial charge is 0.461 e. The van der Waals surface area contributed by atoms with Crippen molar-refractivity contribution >= 4 is 41.3 Å². The zero-order chi connectivity index (χ0) is 40.2. The van der Waals surface area contributed by atoms with E-state index in [9.17, 15) is 34.1 Å². The lowest BCUT2D eigenvalue weighted by Gasteiger charge is -2.25. The van der Waals surface area contributed by atoms with Crippen molar-refractivity contribution in [2.75, 3.05) is 18.5 Å². The number of nitro benzene ring substituents is 1. The van der Waals surface area contributed by atoms with E-state index in [1.165, 1.54) is 24.3 Å². The molecule has 5 rings (SSSR count). The van der Waals surface area contributed by atoms with Crippen LogP contribution in [-0.2, 0) is 36.9 Å². The third-order valence-corrected chi connectivity index (χ3v) is 9.28. The highest BCUT2D eigenvalue weighted by atomic mass is 16.6. The minimum Gasteiger partial charge on any atom is -0.461 e. The summed E-state index contributed by atoms with van der Waals surface area (Å²) in [6, 6.07) is 25.2. The smallest absolute Gasteiger partial charge is 0.407 e. The number of nitrogens with two attached hydrogens (primary N) is 1. The van der Waals surface area contributed by atoms with Crippen molar-refractivity contribution in [3.05, 3.63) is 129 Å².